The summed E-state index contributed by atoms with van der Waals surface area (Å²) in [5, 5.41) is -0.840. The Morgan fingerprint density at radius 2 is 2.06 bits per heavy atom. The van der Waals surface area contributed by atoms with E-state index in [1.54, 1.807) is 0 Å². The van der Waals surface area contributed by atoms with Gasteiger partial charge in [-0.15, -0.1) is 11.6 Å². The predicted molar refractivity (Wildman–Crippen MR) is 58.7 cm³/mol. The molecule has 1 aliphatic rings. The number of carbonyl (C=O) groups is 1. The van der Waals surface area contributed by atoms with Crippen LogP contribution in [0.5, 0.6) is 0 Å². The zero-order valence-corrected chi connectivity index (χ0v) is 10.2. The van der Waals surface area contributed by atoms with Gasteiger partial charge in [-0.3, -0.25) is 9.69 Å². The van der Waals surface area contributed by atoms with Gasteiger partial charge in [-0.25, -0.2) is 9.97 Å². The molecular weight excluding hydrogens is 294 g/mol. The van der Waals surface area contributed by atoms with Gasteiger partial charge in [0.1, 0.15) is 5.15 Å². The first-order valence-electron chi connectivity index (χ1n) is 4.83. The molecule has 9 heteroatoms. The maximum atomic E-state index is 12.5. The Hall–Kier alpha value is -1.08. The van der Waals surface area contributed by atoms with Gasteiger partial charge in [0.25, 0.3) is 0 Å². The number of halogens is 5. The second kappa shape index (κ2) is 4.55. The first-order chi connectivity index (χ1) is 8.27. The zero-order valence-electron chi connectivity index (χ0n) is 8.71. The molecule has 18 heavy (non-hydrogen) atoms. The molecular formula is C9H6Cl2F3N3O. The molecule has 1 aliphatic heterocycles. The van der Waals surface area contributed by atoms with Crippen molar-refractivity contribution in [1.29, 1.82) is 0 Å². The third kappa shape index (κ3) is 2.67. The van der Waals surface area contributed by atoms with Crippen LogP contribution in [0.4, 0.5) is 19.1 Å². The van der Waals surface area contributed by atoms with Crippen LogP contribution in [0.15, 0.2) is 6.07 Å². The number of nitrogens with zero attached hydrogens (tertiary/aromatic N) is 3. The Morgan fingerprint density at radius 1 is 1.39 bits per heavy atom. The topological polar surface area (TPSA) is 46.1 Å². The van der Waals surface area contributed by atoms with Crippen molar-refractivity contribution in [3.05, 3.63) is 16.9 Å². The van der Waals surface area contributed by atoms with Gasteiger partial charge in [-0.2, -0.15) is 13.2 Å². The van der Waals surface area contributed by atoms with Gasteiger partial charge in [0.15, 0.2) is 5.69 Å². The van der Waals surface area contributed by atoms with Gasteiger partial charge in [-0.05, 0) is 0 Å². The largest absolute Gasteiger partial charge is 0.433 e. The lowest BCUT2D eigenvalue weighted by molar-refractivity contribution is -0.141. The number of carbonyl (C=O) groups excluding carboxylic acids is 1. The SMILES string of the molecule is O=C1CC(Cl)CN1c1nc(Cl)cc(C(F)(F)F)n1. The molecule has 0 bridgehead atoms. The van der Waals surface area contributed by atoms with E-state index in [-0.39, 0.29) is 24.1 Å². The second-order valence-electron chi connectivity index (χ2n) is 3.68. The molecule has 1 unspecified atom stereocenters. The second-order valence-corrected chi connectivity index (χ2v) is 4.68. The van der Waals surface area contributed by atoms with Crippen LogP contribution in [0.1, 0.15) is 12.1 Å². The summed E-state index contributed by atoms with van der Waals surface area (Å²) >= 11 is 11.2. The molecule has 1 aromatic heterocycles. The number of aromatic nitrogens is 2. The van der Waals surface area contributed by atoms with E-state index >= 15 is 0 Å². The standard InChI is InChI=1S/C9H6Cl2F3N3O/c10-4-1-7(18)17(3-4)8-15-5(9(12,13)14)2-6(11)16-8/h2,4H,1,3H2. The molecule has 0 spiro atoms. The monoisotopic (exact) mass is 299 g/mol. The fourth-order valence-corrected chi connectivity index (χ4v) is 1.98. The van der Waals surface area contributed by atoms with Crippen LogP contribution in [0.25, 0.3) is 0 Å². The smallest absolute Gasteiger partial charge is 0.279 e. The Balaban J connectivity index is 2.40. The molecule has 1 fully saturated rings. The highest BCUT2D eigenvalue weighted by molar-refractivity contribution is 6.29. The minimum atomic E-state index is -4.65. The summed E-state index contributed by atoms with van der Waals surface area (Å²) in [6.45, 7) is 0.0675. The Morgan fingerprint density at radius 3 is 2.56 bits per heavy atom. The van der Waals surface area contributed by atoms with Crippen LogP contribution in [0, 0.1) is 0 Å². The Bertz CT molecular complexity index is 494. The van der Waals surface area contributed by atoms with Crippen LogP contribution < -0.4 is 4.90 Å². The zero-order chi connectivity index (χ0) is 13.5. The molecule has 1 amide bonds. The number of anilines is 1. The molecule has 1 saturated heterocycles. The fourth-order valence-electron chi connectivity index (χ4n) is 1.53. The van der Waals surface area contributed by atoms with Gasteiger partial charge in [0.2, 0.25) is 11.9 Å². The normalized spacial score (nSPS) is 20.6. The van der Waals surface area contributed by atoms with Crippen LogP contribution in [0.2, 0.25) is 5.15 Å². The third-order valence-electron chi connectivity index (χ3n) is 2.29. The van der Waals surface area contributed by atoms with Crippen molar-refractivity contribution >= 4 is 35.1 Å². The van der Waals surface area contributed by atoms with Crippen LogP contribution in [0.3, 0.4) is 0 Å². The summed E-state index contributed by atoms with van der Waals surface area (Å²) in [6.07, 6.45) is -4.61. The van der Waals surface area contributed by atoms with E-state index in [1.807, 2.05) is 0 Å². The lowest BCUT2D eigenvalue weighted by Crippen LogP contribution is -2.27. The summed E-state index contributed by atoms with van der Waals surface area (Å²) in [5.41, 5.74) is -1.19. The van der Waals surface area contributed by atoms with Crippen LogP contribution in [-0.4, -0.2) is 27.8 Å². The molecule has 0 N–H and O–H groups in total. The Kier molecular flexibility index (Phi) is 3.37. The minimum absolute atomic E-state index is 0.0405. The van der Waals surface area contributed by atoms with E-state index in [9.17, 15) is 18.0 Å². The quantitative estimate of drug-likeness (QED) is 0.591. The number of rotatable bonds is 1. The molecule has 98 valence electrons. The van der Waals surface area contributed by atoms with Crippen LogP contribution in [-0.2, 0) is 11.0 Å². The predicted octanol–water partition coefficient (Wildman–Crippen LogP) is 2.49. The highest BCUT2D eigenvalue weighted by atomic mass is 35.5. The van der Waals surface area contributed by atoms with E-state index in [0.717, 1.165) is 4.90 Å². The molecule has 0 radical (unpaired) electrons. The average molecular weight is 300 g/mol. The highest BCUT2D eigenvalue weighted by Crippen LogP contribution is 2.31. The summed E-state index contributed by atoms with van der Waals surface area (Å²) in [5.74, 6) is -0.798. The Labute approximate surface area is 110 Å². The highest BCUT2D eigenvalue weighted by Gasteiger charge is 2.36. The third-order valence-corrected chi connectivity index (χ3v) is 2.78. The molecule has 2 rings (SSSR count). The summed E-state index contributed by atoms with van der Waals surface area (Å²) in [7, 11) is 0. The first-order valence-corrected chi connectivity index (χ1v) is 5.65. The van der Waals surface area contributed by atoms with E-state index in [2.05, 4.69) is 9.97 Å². The molecule has 1 atom stereocenters. The molecule has 0 saturated carbocycles. The maximum Gasteiger partial charge on any atom is 0.433 e. The van der Waals surface area contributed by atoms with Crippen molar-refractivity contribution in [2.75, 3.05) is 11.4 Å². The van der Waals surface area contributed by atoms with Crippen molar-refractivity contribution in [2.24, 2.45) is 0 Å². The van der Waals surface area contributed by atoms with Gasteiger partial charge >= 0.3 is 6.18 Å². The van der Waals surface area contributed by atoms with Gasteiger partial charge in [0, 0.05) is 19.0 Å². The maximum absolute atomic E-state index is 12.5. The number of amides is 1. The molecule has 4 nitrogen and oxygen atoms in total. The molecule has 0 aromatic carbocycles. The van der Waals surface area contributed by atoms with E-state index in [0.29, 0.717) is 6.07 Å². The van der Waals surface area contributed by atoms with Gasteiger partial charge in [0.05, 0.1) is 5.38 Å². The molecule has 0 aliphatic carbocycles. The number of hydrogen-bond donors (Lipinski definition) is 0. The average Bonchev–Trinajstić information content (AvgIpc) is 2.55. The first kappa shape index (κ1) is 13.4. The van der Waals surface area contributed by atoms with Crippen molar-refractivity contribution in [1.82, 2.24) is 9.97 Å². The van der Waals surface area contributed by atoms with Gasteiger partial charge < -0.3 is 0 Å². The summed E-state index contributed by atoms with van der Waals surface area (Å²) < 4.78 is 37.6. The van der Waals surface area contributed by atoms with E-state index in [4.69, 9.17) is 23.2 Å². The lowest BCUT2D eigenvalue weighted by Gasteiger charge is -2.15. The minimum Gasteiger partial charge on any atom is -0.279 e. The molecule has 2 heterocycles. The van der Waals surface area contributed by atoms with E-state index < -0.39 is 23.2 Å². The van der Waals surface area contributed by atoms with Gasteiger partial charge in [-0.1, -0.05) is 11.6 Å². The fraction of sp³-hybridized carbons (Fsp3) is 0.444. The number of alkyl halides is 4. The van der Waals surface area contributed by atoms with E-state index in [1.165, 1.54) is 0 Å². The van der Waals surface area contributed by atoms with Crippen molar-refractivity contribution < 1.29 is 18.0 Å². The summed E-state index contributed by atoms with van der Waals surface area (Å²) in [4.78, 5) is 19.4. The van der Waals surface area contributed by atoms with Crippen molar-refractivity contribution in [2.45, 2.75) is 18.0 Å². The van der Waals surface area contributed by atoms with Crippen LogP contribution >= 0.6 is 23.2 Å². The molecule has 1 aromatic rings. The number of hydrogen-bond acceptors (Lipinski definition) is 3. The van der Waals surface area contributed by atoms with Crippen molar-refractivity contribution in [3.8, 4) is 0 Å². The summed E-state index contributed by atoms with van der Waals surface area (Å²) in [6, 6.07) is 0.601. The lowest BCUT2D eigenvalue weighted by atomic mass is 10.4. The van der Waals surface area contributed by atoms with Crippen molar-refractivity contribution in [3.63, 3.8) is 0 Å².